The van der Waals surface area contributed by atoms with Crippen molar-refractivity contribution in [2.45, 2.75) is 19.4 Å². The van der Waals surface area contributed by atoms with Crippen LogP contribution in [0.4, 0.5) is 0 Å². The van der Waals surface area contributed by atoms with Crippen molar-refractivity contribution in [2.24, 2.45) is 11.7 Å². The van der Waals surface area contributed by atoms with Gasteiger partial charge >= 0.3 is 0 Å². The van der Waals surface area contributed by atoms with Crippen LogP contribution in [0, 0.1) is 12.8 Å². The zero-order chi connectivity index (χ0) is 13.1. The van der Waals surface area contributed by atoms with Crippen molar-refractivity contribution < 1.29 is 9.53 Å². The van der Waals surface area contributed by atoms with Crippen molar-refractivity contribution in [3.8, 4) is 5.75 Å². The molecular formula is C14H20N2O2. The molecule has 0 radical (unpaired) electrons. The second kappa shape index (κ2) is 5.40. The summed E-state index contributed by atoms with van der Waals surface area (Å²) in [5.74, 6) is 1.02. The quantitative estimate of drug-likeness (QED) is 0.851. The first kappa shape index (κ1) is 12.9. The molecule has 2 unspecified atom stereocenters. The second-order valence-corrected chi connectivity index (χ2v) is 4.93. The highest BCUT2D eigenvalue weighted by Gasteiger charge is 2.41. The fraction of sp³-hybridized carbons (Fsp3) is 0.500. The van der Waals surface area contributed by atoms with E-state index in [1.807, 2.05) is 31.2 Å². The topological polar surface area (TPSA) is 55.6 Å². The molecule has 1 aromatic rings. The van der Waals surface area contributed by atoms with Crippen LogP contribution in [-0.2, 0) is 4.79 Å². The first-order valence-corrected chi connectivity index (χ1v) is 6.28. The first-order chi connectivity index (χ1) is 8.58. The molecule has 98 valence electrons. The predicted octanol–water partition coefficient (Wildman–Crippen LogP) is 1.18. The number of ether oxygens (including phenoxy) is 1. The van der Waals surface area contributed by atoms with Gasteiger partial charge in [0.05, 0.1) is 12.5 Å². The lowest BCUT2D eigenvalue weighted by atomic mass is 10.2. The van der Waals surface area contributed by atoms with Crippen LogP contribution in [0.5, 0.6) is 5.75 Å². The van der Waals surface area contributed by atoms with Crippen LogP contribution < -0.4 is 10.5 Å². The summed E-state index contributed by atoms with van der Waals surface area (Å²) >= 11 is 0. The number of likely N-dealkylation sites (N-methyl/N-ethyl adjacent to an activating group) is 1. The lowest BCUT2D eigenvalue weighted by Crippen LogP contribution is -2.33. The number of rotatable bonds is 5. The molecule has 2 N–H and O–H groups in total. The minimum absolute atomic E-state index is 0.0361. The van der Waals surface area contributed by atoms with Crippen LogP contribution in [0.1, 0.15) is 12.0 Å². The third-order valence-corrected chi connectivity index (χ3v) is 3.22. The van der Waals surface area contributed by atoms with Gasteiger partial charge in [0, 0.05) is 13.1 Å². The number of carbonyl (C=O) groups is 1. The highest BCUT2D eigenvalue weighted by molar-refractivity contribution is 5.82. The van der Waals surface area contributed by atoms with Crippen LogP contribution >= 0.6 is 0 Å². The predicted molar refractivity (Wildman–Crippen MR) is 70.4 cm³/mol. The minimum Gasteiger partial charge on any atom is -0.492 e. The molecular weight excluding hydrogens is 228 g/mol. The molecule has 1 aliphatic carbocycles. The third kappa shape index (κ3) is 3.23. The lowest BCUT2D eigenvalue weighted by molar-refractivity contribution is -0.131. The maximum absolute atomic E-state index is 11.8. The Balaban J connectivity index is 1.73. The van der Waals surface area contributed by atoms with Crippen LogP contribution in [0.2, 0.25) is 0 Å². The highest BCUT2D eigenvalue weighted by Crippen LogP contribution is 2.29. The summed E-state index contributed by atoms with van der Waals surface area (Å²) in [5, 5.41) is 0. The SMILES string of the molecule is Cc1cccc(OCCN(C)C(=O)C2CC2N)c1. The fourth-order valence-corrected chi connectivity index (χ4v) is 1.90. The van der Waals surface area contributed by atoms with Gasteiger partial charge in [-0.25, -0.2) is 0 Å². The van der Waals surface area contributed by atoms with Gasteiger partial charge in [-0.15, -0.1) is 0 Å². The third-order valence-electron chi connectivity index (χ3n) is 3.22. The van der Waals surface area contributed by atoms with Crippen molar-refractivity contribution >= 4 is 5.91 Å². The maximum atomic E-state index is 11.8. The van der Waals surface area contributed by atoms with Gasteiger partial charge in [0.25, 0.3) is 0 Å². The summed E-state index contributed by atoms with van der Waals surface area (Å²) in [7, 11) is 1.80. The van der Waals surface area contributed by atoms with Crippen LogP contribution in [0.25, 0.3) is 0 Å². The molecule has 2 atom stereocenters. The molecule has 1 saturated carbocycles. The Morgan fingerprint density at radius 3 is 2.89 bits per heavy atom. The monoisotopic (exact) mass is 248 g/mol. The number of nitrogens with two attached hydrogens (primary N) is 1. The van der Waals surface area contributed by atoms with Crippen molar-refractivity contribution in [3.63, 3.8) is 0 Å². The zero-order valence-electron chi connectivity index (χ0n) is 10.9. The summed E-state index contributed by atoms with van der Waals surface area (Å²) in [6.45, 7) is 3.13. The van der Waals surface area contributed by atoms with Gasteiger partial charge in [-0.3, -0.25) is 4.79 Å². The Bertz CT molecular complexity index is 434. The highest BCUT2D eigenvalue weighted by atomic mass is 16.5. The molecule has 4 heteroatoms. The number of hydrogen-bond acceptors (Lipinski definition) is 3. The number of carbonyl (C=O) groups excluding carboxylic acids is 1. The number of amides is 1. The van der Waals surface area contributed by atoms with Gasteiger partial charge < -0.3 is 15.4 Å². The molecule has 0 saturated heterocycles. The largest absolute Gasteiger partial charge is 0.492 e. The second-order valence-electron chi connectivity index (χ2n) is 4.93. The van der Waals surface area contributed by atoms with E-state index in [9.17, 15) is 4.79 Å². The van der Waals surface area contributed by atoms with E-state index in [2.05, 4.69) is 0 Å². The molecule has 0 heterocycles. The van der Waals surface area contributed by atoms with Crippen molar-refractivity contribution in [1.29, 1.82) is 0 Å². The number of aryl methyl sites for hydroxylation is 1. The summed E-state index contributed by atoms with van der Waals surface area (Å²) < 4.78 is 5.61. The average molecular weight is 248 g/mol. The molecule has 0 spiro atoms. The number of benzene rings is 1. The van der Waals surface area contributed by atoms with Crippen LogP contribution in [-0.4, -0.2) is 37.0 Å². The van der Waals surface area contributed by atoms with Gasteiger partial charge in [0.15, 0.2) is 0 Å². The molecule has 0 aliphatic heterocycles. The van der Waals surface area contributed by atoms with E-state index in [0.717, 1.165) is 12.2 Å². The van der Waals surface area contributed by atoms with E-state index in [1.54, 1.807) is 11.9 Å². The molecule has 4 nitrogen and oxygen atoms in total. The van der Waals surface area contributed by atoms with E-state index in [4.69, 9.17) is 10.5 Å². The first-order valence-electron chi connectivity index (χ1n) is 6.28. The smallest absolute Gasteiger partial charge is 0.227 e. The summed E-state index contributed by atoms with van der Waals surface area (Å²) in [6.07, 6.45) is 0.821. The molecule has 1 fully saturated rings. The van der Waals surface area contributed by atoms with Gasteiger partial charge in [-0.2, -0.15) is 0 Å². The van der Waals surface area contributed by atoms with E-state index < -0.39 is 0 Å². The Morgan fingerprint density at radius 2 is 2.28 bits per heavy atom. The van der Waals surface area contributed by atoms with E-state index in [-0.39, 0.29) is 17.9 Å². The minimum atomic E-state index is 0.0361. The summed E-state index contributed by atoms with van der Waals surface area (Å²) in [4.78, 5) is 13.5. The summed E-state index contributed by atoms with van der Waals surface area (Å²) in [5.41, 5.74) is 6.83. The van der Waals surface area contributed by atoms with Gasteiger partial charge in [0.2, 0.25) is 5.91 Å². The lowest BCUT2D eigenvalue weighted by Gasteiger charge is -2.17. The number of nitrogens with zero attached hydrogens (tertiary/aromatic N) is 1. The molecule has 1 aromatic carbocycles. The van der Waals surface area contributed by atoms with Crippen LogP contribution in [0.3, 0.4) is 0 Å². The van der Waals surface area contributed by atoms with Crippen molar-refractivity contribution in [3.05, 3.63) is 29.8 Å². The average Bonchev–Trinajstić information content (AvgIpc) is 3.05. The van der Waals surface area contributed by atoms with Gasteiger partial charge in [-0.1, -0.05) is 12.1 Å². The van der Waals surface area contributed by atoms with Crippen molar-refractivity contribution in [1.82, 2.24) is 4.90 Å². The molecule has 2 rings (SSSR count). The molecule has 1 amide bonds. The van der Waals surface area contributed by atoms with Crippen LogP contribution in [0.15, 0.2) is 24.3 Å². The van der Waals surface area contributed by atoms with Gasteiger partial charge in [-0.05, 0) is 31.0 Å². The Labute approximate surface area is 108 Å². The van der Waals surface area contributed by atoms with Gasteiger partial charge in [0.1, 0.15) is 12.4 Å². The Morgan fingerprint density at radius 1 is 1.56 bits per heavy atom. The van der Waals surface area contributed by atoms with E-state index >= 15 is 0 Å². The number of hydrogen-bond donors (Lipinski definition) is 1. The Kier molecular flexibility index (Phi) is 3.87. The molecule has 1 aliphatic rings. The molecule has 0 aromatic heterocycles. The molecule has 0 bridgehead atoms. The summed E-state index contributed by atoms with van der Waals surface area (Å²) in [6, 6.07) is 7.96. The standard InChI is InChI=1S/C14H20N2O2/c1-10-4-3-5-11(8-10)18-7-6-16(2)14(17)12-9-13(12)15/h3-5,8,12-13H,6-7,9,15H2,1-2H3. The zero-order valence-corrected chi connectivity index (χ0v) is 10.9. The van der Waals surface area contributed by atoms with E-state index in [0.29, 0.717) is 13.2 Å². The molecule has 18 heavy (non-hydrogen) atoms. The fourth-order valence-electron chi connectivity index (χ4n) is 1.90. The van der Waals surface area contributed by atoms with Crippen molar-refractivity contribution in [2.75, 3.05) is 20.2 Å². The van der Waals surface area contributed by atoms with E-state index in [1.165, 1.54) is 5.56 Å². The normalized spacial score (nSPS) is 21.5. The maximum Gasteiger partial charge on any atom is 0.227 e. The Hall–Kier alpha value is -1.55.